The van der Waals surface area contributed by atoms with Crippen LogP contribution in [0, 0.1) is 6.92 Å². The van der Waals surface area contributed by atoms with E-state index >= 15 is 0 Å². The summed E-state index contributed by atoms with van der Waals surface area (Å²) in [7, 11) is 1.60. The molecule has 1 fully saturated rings. The lowest BCUT2D eigenvalue weighted by atomic mass is 10.1. The molecule has 1 aliphatic heterocycles. The third kappa shape index (κ3) is 2.41. The van der Waals surface area contributed by atoms with Gasteiger partial charge < -0.3 is 10.1 Å². The molecule has 0 bridgehead atoms. The number of piperazine rings is 1. The Morgan fingerprint density at radius 3 is 2.74 bits per heavy atom. The van der Waals surface area contributed by atoms with Crippen LogP contribution in [0.15, 0.2) is 18.2 Å². The number of anilines is 1. The third-order valence-electron chi connectivity index (χ3n) is 3.35. The molecule has 1 saturated heterocycles. The molecule has 1 aliphatic rings. The van der Waals surface area contributed by atoms with Crippen molar-refractivity contribution in [3.8, 4) is 5.75 Å². The molecule has 0 aliphatic carbocycles. The van der Waals surface area contributed by atoms with E-state index < -0.39 is 6.04 Å². The van der Waals surface area contributed by atoms with Gasteiger partial charge >= 0.3 is 0 Å². The van der Waals surface area contributed by atoms with Crippen molar-refractivity contribution in [3.05, 3.63) is 23.8 Å². The van der Waals surface area contributed by atoms with Crippen molar-refractivity contribution < 1.29 is 14.3 Å². The van der Waals surface area contributed by atoms with E-state index in [-0.39, 0.29) is 18.4 Å². The number of carbonyl (C=O) groups excluding carboxylic acids is 2. The second-order valence-electron chi connectivity index (χ2n) is 4.56. The molecule has 102 valence electrons. The van der Waals surface area contributed by atoms with Crippen molar-refractivity contribution in [1.82, 2.24) is 5.32 Å². The quantitative estimate of drug-likeness (QED) is 0.891. The molecule has 1 heterocycles. The van der Waals surface area contributed by atoms with Crippen LogP contribution in [0.2, 0.25) is 0 Å². The molecule has 0 saturated carbocycles. The van der Waals surface area contributed by atoms with Crippen LogP contribution < -0.4 is 15.0 Å². The van der Waals surface area contributed by atoms with Gasteiger partial charge in [0.05, 0.1) is 13.7 Å². The van der Waals surface area contributed by atoms with Crippen molar-refractivity contribution in [2.45, 2.75) is 26.3 Å². The molecule has 1 aromatic carbocycles. The van der Waals surface area contributed by atoms with E-state index in [0.717, 1.165) is 17.0 Å². The molecule has 0 radical (unpaired) electrons. The van der Waals surface area contributed by atoms with E-state index in [4.69, 9.17) is 4.74 Å². The lowest BCUT2D eigenvalue weighted by Gasteiger charge is -2.35. The second kappa shape index (κ2) is 5.30. The van der Waals surface area contributed by atoms with Crippen LogP contribution in [-0.2, 0) is 9.59 Å². The standard InChI is InChI=1S/C14H18N2O3/c1-4-11-14(18)15-8-13(17)16(11)12-6-5-10(19-3)7-9(12)2/h5-7,11H,4,8H2,1-3H3,(H,15,18). The van der Waals surface area contributed by atoms with Crippen molar-refractivity contribution >= 4 is 17.5 Å². The number of hydrogen-bond acceptors (Lipinski definition) is 3. The van der Waals surface area contributed by atoms with Crippen LogP contribution in [0.4, 0.5) is 5.69 Å². The zero-order valence-electron chi connectivity index (χ0n) is 11.4. The summed E-state index contributed by atoms with van der Waals surface area (Å²) in [5.41, 5.74) is 1.69. The zero-order chi connectivity index (χ0) is 14.0. The molecular formula is C14H18N2O3. The van der Waals surface area contributed by atoms with Crippen molar-refractivity contribution in [1.29, 1.82) is 0 Å². The average Bonchev–Trinajstić information content (AvgIpc) is 2.41. The van der Waals surface area contributed by atoms with Gasteiger partial charge in [-0.3, -0.25) is 14.5 Å². The van der Waals surface area contributed by atoms with Gasteiger partial charge in [-0.15, -0.1) is 0 Å². The van der Waals surface area contributed by atoms with Gasteiger partial charge in [0.15, 0.2) is 0 Å². The largest absolute Gasteiger partial charge is 0.497 e. The Morgan fingerprint density at radius 2 is 2.16 bits per heavy atom. The predicted octanol–water partition coefficient (Wildman–Crippen LogP) is 1.25. The van der Waals surface area contributed by atoms with E-state index in [1.165, 1.54) is 0 Å². The maximum Gasteiger partial charge on any atom is 0.247 e. The number of carbonyl (C=O) groups is 2. The smallest absolute Gasteiger partial charge is 0.247 e. The summed E-state index contributed by atoms with van der Waals surface area (Å²) >= 11 is 0. The summed E-state index contributed by atoms with van der Waals surface area (Å²) in [5.74, 6) is 0.556. The highest BCUT2D eigenvalue weighted by Crippen LogP contribution is 2.28. The molecule has 0 spiro atoms. The number of nitrogens with one attached hydrogen (secondary N) is 1. The van der Waals surface area contributed by atoms with Gasteiger partial charge in [-0.1, -0.05) is 6.92 Å². The lowest BCUT2D eigenvalue weighted by Crippen LogP contribution is -2.58. The molecule has 2 amide bonds. The number of methoxy groups -OCH3 is 1. The highest BCUT2D eigenvalue weighted by molar-refractivity contribution is 6.06. The molecule has 2 rings (SSSR count). The van der Waals surface area contributed by atoms with Crippen LogP contribution in [0.3, 0.4) is 0 Å². The predicted molar refractivity (Wildman–Crippen MR) is 72.3 cm³/mol. The summed E-state index contributed by atoms with van der Waals surface area (Å²) in [4.78, 5) is 25.5. The topological polar surface area (TPSA) is 58.6 Å². The fourth-order valence-corrected chi connectivity index (χ4v) is 2.35. The van der Waals surface area contributed by atoms with E-state index in [9.17, 15) is 9.59 Å². The van der Waals surface area contributed by atoms with Gasteiger partial charge in [0.25, 0.3) is 0 Å². The van der Waals surface area contributed by atoms with Crippen LogP contribution in [0.5, 0.6) is 5.75 Å². The van der Waals surface area contributed by atoms with E-state index in [1.54, 1.807) is 18.1 Å². The first-order chi connectivity index (χ1) is 9.08. The number of ether oxygens (including phenoxy) is 1. The number of rotatable bonds is 3. The normalized spacial score (nSPS) is 19.3. The van der Waals surface area contributed by atoms with Gasteiger partial charge in [0, 0.05) is 5.69 Å². The van der Waals surface area contributed by atoms with Crippen molar-refractivity contribution in [2.24, 2.45) is 0 Å². The summed E-state index contributed by atoms with van der Waals surface area (Å²) in [6, 6.07) is 5.05. The Morgan fingerprint density at radius 1 is 1.42 bits per heavy atom. The van der Waals surface area contributed by atoms with Gasteiger partial charge in [0.2, 0.25) is 11.8 Å². The third-order valence-corrected chi connectivity index (χ3v) is 3.35. The van der Waals surface area contributed by atoms with E-state index in [1.807, 2.05) is 26.0 Å². The number of amides is 2. The zero-order valence-corrected chi connectivity index (χ0v) is 11.4. The van der Waals surface area contributed by atoms with Gasteiger partial charge in [-0.05, 0) is 37.1 Å². The van der Waals surface area contributed by atoms with E-state index in [0.29, 0.717) is 6.42 Å². The first kappa shape index (κ1) is 13.4. The molecule has 1 N–H and O–H groups in total. The van der Waals surface area contributed by atoms with Crippen molar-refractivity contribution in [3.63, 3.8) is 0 Å². The Kier molecular flexibility index (Phi) is 3.74. The fraction of sp³-hybridized carbons (Fsp3) is 0.429. The maximum absolute atomic E-state index is 12.1. The summed E-state index contributed by atoms with van der Waals surface area (Å²) in [6.45, 7) is 3.86. The molecule has 1 aromatic rings. The minimum atomic E-state index is -0.437. The highest BCUT2D eigenvalue weighted by atomic mass is 16.5. The summed E-state index contributed by atoms with van der Waals surface area (Å²) in [6.07, 6.45) is 0.586. The number of nitrogens with zero attached hydrogens (tertiary/aromatic N) is 1. The Labute approximate surface area is 112 Å². The fourth-order valence-electron chi connectivity index (χ4n) is 2.35. The molecule has 5 nitrogen and oxygen atoms in total. The average molecular weight is 262 g/mol. The molecule has 19 heavy (non-hydrogen) atoms. The monoisotopic (exact) mass is 262 g/mol. The number of aryl methyl sites for hydroxylation is 1. The highest BCUT2D eigenvalue weighted by Gasteiger charge is 2.34. The number of benzene rings is 1. The first-order valence-corrected chi connectivity index (χ1v) is 6.33. The Hall–Kier alpha value is -2.04. The van der Waals surface area contributed by atoms with Crippen LogP contribution in [-0.4, -0.2) is 31.5 Å². The number of hydrogen-bond donors (Lipinski definition) is 1. The molecular weight excluding hydrogens is 244 g/mol. The van der Waals surface area contributed by atoms with Crippen LogP contribution >= 0.6 is 0 Å². The second-order valence-corrected chi connectivity index (χ2v) is 4.56. The van der Waals surface area contributed by atoms with Crippen LogP contribution in [0.25, 0.3) is 0 Å². The molecule has 1 unspecified atom stereocenters. The SMILES string of the molecule is CCC1C(=O)NCC(=O)N1c1ccc(OC)cc1C. The summed E-state index contributed by atoms with van der Waals surface area (Å²) < 4.78 is 5.16. The lowest BCUT2D eigenvalue weighted by molar-refractivity contribution is -0.131. The minimum absolute atomic E-state index is 0.0564. The van der Waals surface area contributed by atoms with Gasteiger partial charge in [-0.25, -0.2) is 0 Å². The Bertz CT molecular complexity index is 513. The maximum atomic E-state index is 12.1. The van der Waals surface area contributed by atoms with Crippen molar-refractivity contribution in [2.75, 3.05) is 18.6 Å². The van der Waals surface area contributed by atoms with E-state index in [2.05, 4.69) is 5.32 Å². The van der Waals surface area contributed by atoms with Crippen LogP contribution in [0.1, 0.15) is 18.9 Å². The summed E-state index contributed by atoms with van der Waals surface area (Å²) in [5, 5.41) is 2.62. The molecule has 0 aromatic heterocycles. The minimum Gasteiger partial charge on any atom is -0.497 e. The van der Waals surface area contributed by atoms with Gasteiger partial charge in [0.1, 0.15) is 11.8 Å². The van der Waals surface area contributed by atoms with Gasteiger partial charge in [-0.2, -0.15) is 0 Å². The molecule has 1 atom stereocenters. The molecule has 5 heteroatoms. The first-order valence-electron chi connectivity index (χ1n) is 6.33. The Balaban J connectivity index is 2.42.